The van der Waals surface area contributed by atoms with Crippen LogP contribution in [0, 0.1) is 0 Å². The van der Waals surface area contributed by atoms with E-state index in [1.807, 2.05) is 43.3 Å². The highest BCUT2D eigenvalue weighted by atomic mass is 32.2. The molecule has 0 heterocycles. The van der Waals surface area contributed by atoms with E-state index in [1.165, 1.54) is 11.1 Å². The fourth-order valence-electron chi connectivity index (χ4n) is 4.35. The van der Waals surface area contributed by atoms with Gasteiger partial charge in [0.05, 0.1) is 12.9 Å². The van der Waals surface area contributed by atoms with Crippen LogP contribution in [0.3, 0.4) is 0 Å². The van der Waals surface area contributed by atoms with Crippen LogP contribution in [-0.4, -0.2) is 46.3 Å². The molecule has 0 aliphatic heterocycles. The molecule has 1 saturated carbocycles. The Kier molecular flexibility index (Phi) is 8.88. The number of ether oxygens (including phenoxy) is 1. The summed E-state index contributed by atoms with van der Waals surface area (Å²) in [6.45, 7) is 5.27. The van der Waals surface area contributed by atoms with Gasteiger partial charge in [0.1, 0.15) is 5.75 Å². The number of amides is 1. The normalized spacial score (nSPS) is 19.2. The summed E-state index contributed by atoms with van der Waals surface area (Å²) < 4.78 is 30.1. The third kappa shape index (κ3) is 7.84. The number of nitrogens with one attached hydrogen (secondary N) is 3. The number of hydrogen-bond donors (Lipinski definition) is 3. The van der Waals surface area contributed by atoms with Gasteiger partial charge in [-0.25, -0.2) is 13.1 Å². The molecule has 3 rings (SSSR count). The van der Waals surface area contributed by atoms with Crippen molar-refractivity contribution >= 4 is 15.9 Å². The number of benzene rings is 2. The van der Waals surface area contributed by atoms with Crippen LogP contribution in [0.2, 0.25) is 0 Å². The van der Waals surface area contributed by atoms with E-state index in [0.29, 0.717) is 24.1 Å². The molecule has 0 unspecified atom stereocenters. The molecule has 8 heteroatoms. The van der Waals surface area contributed by atoms with Crippen molar-refractivity contribution in [1.82, 2.24) is 15.4 Å². The van der Waals surface area contributed by atoms with Crippen molar-refractivity contribution in [1.29, 1.82) is 0 Å². The minimum absolute atomic E-state index is 0.174. The summed E-state index contributed by atoms with van der Waals surface area (Å²) in [5.74, 6) is 1.18. The summed E-state index contributed by atoms with van der Waals surface area (Å²) in [5.41, 5.74) is 3.06. The highest BCUT2D eigenvalue weighted by molar-refractivity contribution is 7.88. The van der Waals surface area contributed by atoms with E-state index in [0.717, 1.165) is 31.3 Å². The minimum Gasteiger partial charge on any atom is -0.494 e. The molecule has 3 N–H and O–H groups in total. The maximum absolute atomic E-state index is 12.3. The first-order chi connectivity index (χ1) is 15.7. The summed E-state index contributed by atoms with van der Waals surface area (Å²) in [7, 11) is -3.25. The molecule has 33 heavy (non-hydrogen) atoms. The monoisotopic (exact) mass is 473 g/mol. The second-order valence-corrected chi connectivity index (χ2v) is 10.5. The fourth-order valence-corrected chi connectivity index (χ4v) is 4.82. The molecule has 1 amide bonds. The molecule has 0 saturated heterocycles. The van der Waals surface area contributed by atoms with Gasteiger partial charge >= 0.3 is 0 Å². The zero-order chi connectivity index (χ0) is 23.8. The Balaban J connectivity index is 1.48. The molecule has 180 valence electrons. The molecule has 0 aromatic heterocycles. The van der Waals surface area contributed by atoms with Gasteiger partial charge in [0.2, 0.25) is 10.0 Å². The van der Waals surface area contributed by atoms with Gasteiger partial charge in [0.25, 0.3) is 5.91 Å². The van der Waals surface area contributed by atoms with Crippen molar-refractivity contribution < 1.29 is 17.9 Å². The molecular weight excluding hydrogens is 438 g/mol. The van der Waals surface area contributed by atoms with Gasteiger partial charge in [0, 0.05) is 30.7 Å². The van der Waals surface area contributed by atoms with Gasteiger partial charge in [0.15, 0.2) is 0 Å². The maximum atomic E-state index is 12.3. The van der Waals surface area contributed by atoms with E-state index in [1.54, 1.807) is 0 Å². The predicted octanol–water partition coefficient (Wildman–Crippen LogP) is 3.35. The van der Waals surface area contributed by atoms with Crippen LogP contribution in [0.1, 0.15) is 66.6 Å². The fraction of sp³-hybridized carbons (Fsp3) is 0.480. The topological polar surface area (TPSA) is 96.5 Å². The van der Waals surface area contributed by atoms with Gasteiger partial charge in [-0.15, -0.1) is 0 Å². The first-order valence-electron chi connectivity index (χ1n) is 11.6. The van der Waals surface area contributed by atoms with Crippen molar-refractivity contribution in [3.8, 4) is 5.75 Å². The molecule has 0 radical (unpaired) electrons. The van der Waals surface area contributed by atoms with Gasteiger partial charge in [-0.05, 0) is 74.4 Å². The zero-order valence-corrected chi connectivity index (χ0v) is 20.5. The van der Waals surface area contributed by atoms with Crippen molar-refractivity contribution in [2.24, 2.45) is 0 Å². The lowest BCUT2D eigenvalue weighted by molar-refractivity contribution is 0.0954. The highest BCUT2D eigenvalue weighted by Gasteiger charge is 2.27. The van der Waals surface area contributed by atoms with E-state index < -0.39 is 10.0 Å². The average molecular weight is 474 g/mol. The van der Waals surface area contributed by atoms with Crippen LogP contribution in [0.4, 0.5) is 0 Å². The molecule has 0 bridgehead atoms. The summed E-state index contributed by atoms with van der Waals surface area (Å²) in [4.78, 5) is 12.3. The zero-order valence-electron chi connectivity index (χ0n) is 19.6. The number of sulfonamides is 1. The van der Waals surface area contributed by atoms with Crippen LogP contribution >= 0.6 is 0 Å². The molecule has 7 nitrogen and oxygen atoms in total. The Morgan fingerprint density at radius 1 is 1.12 bits per heavy atom. The standard InChI is InChI=1S/C25H35N3O4S/c1-4-32-24-7-5-6-21(17-24)18(2)28-23-13-12-22(16-23)19-8-10-20(11-9-19)25(29)26-14-15-27-33(3,30)31/h5-11,17-18,22-23,27-28H,4,12-16H2,1-3H3,(H,26,29)/t18-,22-,23+/m1/s1. The third-order valence-corrected chi connectivity index (χ3v) is 6.74. The summed E-state index contributed by atoms with van der Waals surface area (Å²) in [6, 6.07) is 16.7. The SMILES string of the molecule is CCOc1cccc([C@@H](C)N[C@H]2CC[C@@H](c3ccc(C(=O)NCCNS(C)(=O)=O)cc3)C2)c1. The van der Waals surface area contributed by atoms with E-state index >= 15 is 0 Å². The number of rotatable bonds is 11. The summed E-state index contributed by atoms with van der Waals surface area (Å²) >= 11 is 0. The Morgan fingerprint density at radius 2 is 1.88 bits per heavy atom. The second-order valence-electron chi connectivity index (χ2n) is 8.65. The quantitative estimate of drug-likeness (QED) is 0.435. The Morgan fingerprint density at radius 3 is 2.58 bits per heavy atom. The predicted molar refractivity (Wildman–Crippen MR) is 131 cm³/mol. The van der Waals surface area contributed by atoms with Gasteiger partial charge in [-0.2, -0.15) is 0 Å². The Hall–Kier alpha value is -2.42. The molecule has 2 aromatic carbocycles. The molecule has 2 aromatic rings. The first-order valence-corrected chi connectivity index (χ1v) is 13.5. The van der Waals surface area contributed by atoms with Crippen LogP contribution < -0.4 is 20.1 Å². The minimum atomic E-state index is -3.25. The number of carbonyl (C=O) groups is 1. The van der Waals surface area contributed by atoms with E-state index in [2.05, 4.69) is 34.4 Å². The van der Waals surface area contributed by atoms with Crippen LogP contribution in [0.5, 0.6) is 5.75 Å². The lowest BCUT2D eigenvalue weighted by Gasteiger charge is -2.21. The smallest absolute Gasteiger partial charge is 0.251 e. The lowest BCUT2D eigenvalue weighted by atomic mass is 9.96. The van der Waals surface area contributed by atoms with Gasteiger partial charge in [-0.3, -0.25) is 4.79 Å². The average Bonchev–Trinajstić information content (AvgIpc) is 3.25. The molecule has 1 fully saturated rings. The Bertz CT molecular complexity index is 1020. The lowest BCUT2D eigenvalue weighted by Crippen LogP contribution is -2.34. The van der Waals surface area contributed by atoms with Crippen molar-refractivity contribution in [2.45, 2.75) is 51.1 Å². The Labute approximate surface area is 197 Å². The van der Waals surface area contributed by atoms with Crippen molar-refractivity contribution in [3.05, 3.63) is 65.2 Å². The molecule has 1 aliphatic carbocycles. The molecule has 3 atom stereocenters. The van der Waals surface area contributed by atoms with E-state index in [4.69, 9.17) is 4.74 Å². The second kappa shape index (κ2) is 11.6. The first kappa shape index (κ1) is 25.2. The van der Waals surface area contributed by atoms with E-state index in [9.17, 15) is 13.2 Å². The largest absolute Gasteiger partial charge is 0.494 e. The molecule has 1 aliphatic rings. The van der Waals surface area contributed by atoms with Crippen LogP contribution in [-0.2, 0) is 10.0 Å². The molecule has 0 spiro atoms. The summed E-state index contributed by atoms with van der Waals surface area (Å²) in [5, 5.41) is 6.50. The van der Waals surface area contributed by atoms with Crippen LogP contribution in [0.15, 0.2) is 48.5 Å². The third-order valence-electron chi connectivity index (χ3n) is 6.01. The summed E-state index contributed by atoms with van der Waals surface area (Å²) in [6.07, 6.45) is 4.40. The van der Waals surface area contributed by atoms with Gasteiger partial charge in [-0.1, -0.05) is 24.3 Å². The van der Waals surface area contributed by atoms with Crippen molar-refractivity contribution in [2.75, 3.05) is 26.0 Å². The maximum Gasteiger partial charge on any atom is 0.251 e. The number of carbonyl (C=O) groups excluding carboxylic acids is 1. The van der Waals surface area contributed by atoms with Crippen LogP contribution in [0.25, 0.3) is 0 Å². The highest BCUT2D eigenvalue weighted by Crippen LogP contribution is 2.35. The number of hydrogen-bond acceptors (Lipinski definition) is 5. The van der Waals surface area contributed by atoms with Gasteiger partial charge < -0.3 is 15.4 Å². The van der Waals surface area contributed by atoms with E-state index in [-0.39, 0.29) is 25.0 Å². The molecular formula is C25H35N3O4S. The van der Waals surface area contributed by atoms with Crippen molar-refractivity contribution in [3.63, 3.8) is 0 Å².